The Morgan fingerprint density at radius 2 is 1.33 bits per heavy atom. The van der Waals surface area contributed by atoms with E-state index in [2.05, 4.69) is 0 Å². The summed E-state index contributed by atoms with van der Waals surface area (Å²) < 4.78 is 10.3. The molecule has 0 saturated carbocycles. The Morgan fingerprint density at radius 1 is 0.889 bits per heavy atom. The highest BCUT2D eigenvalue weighted by Gasteiger charge is 2.18. The molecular formula is C14H22O4. The Balaban J connectivity index is 3.42. The van der Waals surface area contributed by atoms with E-state index >= 15 is 0 Å². The van der Waals surface area contributed by atoms with E-state index < -0.39 is 0 Å². The van der Waals surface area contributed by atoms with Gasteiger partial charge in [-0.15, -0.1) is 0 Å². The molecule has 18 heavy (non-hydrogen) atoms. The van der Waals surface area contributed by atoms with Crippen molar-refractivity contribution < 1.29 is 19.7 Å². The van der Waals surface area contributed by atoms with Crippen molar-refractivity contribution in [2.75, 3.05) is 20.8 Å². The zero-order chi connectivity index (χ0) is 13.7. The molecule has 1 aromatic carbocycles. The van der Waals surface area contributed by atoms with Crippen molar-refractivity contribution in [2.45, 2.75) is 33.5 Å². The Morgan fingerprint density at radius 3 is 1.67 bits per heavy atom. The molecule has 0 bridgehead atoms. The van der Waals surface area contributed by atoms with Gasteiger partial charge in [-0.05, 0) is 37.0 Å². The van der Waals surface area contributed by atoms with Crippen LogP contribution in [0.25, 0.3) is 0 Å². The smallest absolute Gasteiger partial charge is 0.127 e. The van der Waals surface area contributed by atoms with Crippen LogP contribution in [0.1, 0.15) is 27.8 Å². The molecule has 0 aliphatic heterocycles. The SMILES string of the molecule is COCc1c(C)c(CCO)c(C)c(COC)c1O. The van der Waals surface area contributed by atoms with Gasteiger partial charge < -0.3 is 19.7 Å². The molecule has 0 amide bonds. The van der Waals surface area contributed by atoms with Gasteiger partial charge in [0.05, 0.1) is 13.2 Å². The number of benzene rings is 1. The Hall–Kier alpha value is -1.10. The fourth-order valence-electron chi connectivity index (χ4n) is 2.31. The van der Waals surface area contributed by atoms with Crippen LogP contribution in [0.5, 0.6) is 5.75 Å². The van der Waals surface area contributed by atoms with Crippen LogP contribution in [-0.4, -0.2) is 31.0 Å². The van der Waals surface area contributed by atoms with Gasteiger partial charge in [-0.1, -0.05) is 0 Å². The maximum atomic E-state index is 10.3. The highest BCUT2D eigenvalue weighted by molar-refractivity contribution is 5.54. The van der Waals surface area contributed by atoms with E-state index in [1.54, 1.807) is 14.2 Å². The monoisotopic (exact) mass is 254 g/mol. The number of phenols is 1. The van der Waals surface area contributed by atoms with Crippen molar-refractivity contribution in [3.63, 3.8) is 0 Å². The largest absolute Gasteiger partial charge is 0.507 e. The molecule has 0 heterocycles. The van der Waals surface area contributed by atoms with E-state index in [0.717, 1.165) is 27.8 Å². The second-order valence-corrected chi connectivity index (χ2v) is 4.37. The number of hydrogen-bond donors (Lipinski definition) is 2. The molecular weight excluding hydrogens is 232 g/mol. The maximum absolute atomic E-state index is 10.3. The molecule has 0 aliphatic rings. The van der Waals surface area contributed by atoms with Gasteiger partial charge in [-0.3, -0.25) is 0 Å². The zero-order valence-electron chi connectivity index (χ0n) is 11.5. The number of aromatic hydroxyl groups is 1. The predicted molar refractivity (Wildman–Crippen MR) is 69.8 cm³/mol. The highest BCUT2D eigenvalue weighted by atomic mass is 16.5. The Kier molecular flexibility index (Phi) is 5.59. The summed E-state index contributed by atoms with van der Waals surface area (Å²) in [7, 11) is 3.20. The molecule has 0 atom stereocenters. The van der Waals surface area contributed by atoms with Gasteiger partial charge in [0.25, 0.3) is 0 Å². The maximum Gasteiger partial charge on any atom is 0.127 e. The summed E-state index contributed by atoms with van der Waals surface area (Å²) >= 11 is 0. The van der Waals surface area contributed by atoms with Crippen molar-refractivity contribution in [1.29, 1.82) is 0 Å². The summed E-state index contributed by atoms with van der Waals surface area (Å²) in [4.78, 5) is 0. The topological polar surface area (TPSA) is 58.9 Å². The highest BCUT2D eigenvalue weighted by Crippen LogP contribution is 2.34. The Bertz CT molecular complexity index is 330. The van der Waals surface area contributed by atoms with Crippen LogP contribution >= 0.6 is 0 Å². The lowest BCUT2D eigenvalue weighted by Gasteiger charge is -2.20. The molecule has 2 N–H and O–H groups in total. The molecule has 4 heteroatoms. The second kappa shape index (κ2) is 6.73. The number of phenolic OH excluding ortho intramolecular Hbond substituents is 1. The minimum atomic E-state index is 0.0886. The van der Waals surface area contributed by atoms with Crippen molar-refractivity contribution >= 4 is 0 Å². The molecule has 0 aliphatic carbocycles. The summed E-state index contributed by atoms with van der Waals surface area (Å²) in [5, 5.41) is 19.4. The van der Waals surface area contributed by atoms with E-state index in [0.29, 0.717) is 19.6 Å². The molecule has 1 aromatic rings. The van der Waals surface area contributed by atoms with E-state index in [-0.39, 0.29) is 12.4 Å². The molecule has 0 spiro atoms. The summed E-state index contributed by atoms with van der Waals surface area (Å²) in [6.45, 7) is 4.69. The number of aliphatic hydroxyl groups is 1. The first-order valence-corrected chi connectivity index (χ1v) is 5.99. The minimum Gasteiger partial charge on any atom is -0.507 e. The second-order valence-electron chi connectivity index (χ2n) is 4.37. The number of methoxy groups -OCH3 is 2. The lowest BCUT2D eigenvalue weighted by molar-refractivity contribution is 0.173. The van der Waals surface area contributed by atoms with Gasteiger partial charge in [0.1, 0.15) is 5.75 Å². The summed E-state index contributed by atoms with van der Waals surface area (Å²) in [5.74, 6) is 0.246. The Labute approximate surface area is 108 Å². The predicted octanol–water partition coefficient (Wildman–Crippen LogP) is 1.84. The van der Waals surface area contributed by atoms with Gasteiger partial charge >= 0.3 is 0 Å². The van der Waals surface area contributed by atoms with Crippen molar-refractivity contribution in [2.24, 2.45) is 0 Å². The average Bonchev–Trinajstić information content (AvgIpc) is 2.35. The summed E-state index contributed by atoms with van der Waals surface area (Å²) in [6.07, 6.45) is 0.575. The molecule has 0 saturated heterocycles. The van der Waals surface area contributed by atoms with Gasteiger partial charge in [-0.25, -0.2) is 0 Å². The third kappa shape index (κ3) is 2.83. The summed E-state index contributed by atoms with van der Waals surface area (Å²) in [6, 6.07) is 0. The van der Waals surface area contributed by atoms with E-state index in [1.165, 1.54) is 0 Å². The number of aliphatic hydroxyl groups excluding tert-OH is 1. The van der Waals surface area contributed by atoms with E-state index in [4.69, 9.17) is 14.6 Å². The molecule has 0 fully saturated rings. The van der Waals surface area contributed by atoms with Crippen LogP contribution in [-0.2, 0) is 29.1 Å². The quantitative estimate of drug-likeness (QED) is 0.813. The third-order valence-electron chi connectivity index (χ3n) is 3.32. The standard InChI is InChI=1S/C14H22O4/c1-9-11(5-6-15)10(2)13(8-18-4)14(16)12(9)7-17-3/h15-16H,5-8H2,1-4H3. The first kappa shape index (κ1) is 15.0. The molecule has 0 aromatic heterocycles. The lowest BCUT2D eigenvalue weighted by Crippen LogP contribution is -2.07. The van der Waals surface area contributed by atoms with Gasteiger partial charge in [-0.2, -0.15) is 0 Å². The van der Waals surface area contributed by atoms with Crippen LogP contribution in [0.4, 0.5) is 0 Å². The van der Waals surface area contributed by atoms with E-state index in [9.17, 15) is 5.11 Å². The molecule has 4 nitrogen and oxygen atoms in total. The van der Waals surface area contributed by atoms with Gasteiger partial charge in [0.15, 0.2) is 0 Å². The van der Waals surface area contributed by atoms with Crippen LogP contribution in [0, 0.1) is 13.8 Å². The van der Waals surface area contributed by atoms with Gasteiger partial charge in [0.2, 0.25) is 0 Å². The summed E-state index contributed by atoms with van der Waals surface area (Å²) in [5.41, 5.74) is 4.59. The number of rotatable bonds is 6. The average molecular weight is 254 g/mol. The van der Waals surface area contributed by atoms with Crippen LogP contribution in [0.2, 0.25) is 0 Å². The number of ether oxygens (including phenoxy) is 2. The molecule has 0 unspecified atom stereocenters. The minimum absolute atomic E-state index is 0.0886. The molecule has 0 radical (unpaired) electrons. The first-order valence-electron chi connectivity index (χ1n) is 5.99. The van der Waals surface area contributed by atoms with Crippen LogP contribution in [0.15, 0.2) is 0 Å². The molecule has 1 rings (SSSR count). The lowest BCUT2D eigenvalue weighted by atomic mass is 9.90. The number of hydrogen-bond acceptors (Lipinski definition) is 4. The first-order chi connectivity index (χ1) is 8.58. The van der Waals surface area contributed by atoms with Gasteiger partial charge in [0, 0.05) is 32.0 Å². The molecule has 102 valence electrons. The van der Waals surface area contributed by atoms with Crippen molar-refractivity contribution in [3.8, 4) is 5.75 Å². The van der Waals surface area contributed by atoms with Crippen LogP contribution in [0.3, 0.4) is 0 Å². The normalized spacial score (nSPS) is 10.9. The fourth-order valence-corrected chi connectivity index (χ4v) is 2.31. The van der Waals surface area contributed by atoms with E-state index in [1.807, 2.05) is 13.8 Å². The zero-order valence-corrected chi connectivity index (χ0v) is 11.5. The third-order valence-corrected chi connectivity index (χ3v) is 3.32. The fraction of sp³-hybridized carbons (Fsp3) is 0.571. The van der Waals surface area contributed by atoms with Crippen molar-refractivity contribution in [3.05, 3.63) is 27.8 Å². The van der Waals surface area contributed by atoms with Crippen LogP contribution < -0.4 is 0 Å². The van der Waals surface area contributed by atoms with Crippen molar-refractivity contribution in [1.82, 2.24) is 0 Å².